The summed E-state index contributed by atoms with van der Waals surface area (Å²) in [6, 6.07) is 0. The van der Waals surface area contributed by atoms with Gasteiger partial charge in [-0.05, 0) is 38.2 Å². The number of thioether (sulfide) groups is 1. The van der Waals surface area contributed by atoms with E-state index in [1.807, 2.05) is 6.92 Å². The van der Waals surface area contributed by atoms with E-state index in [0.717, 1.165) is 67.5 Å². The number of aromatic nitrogens is 2. The van der Waals surface area contributed by atoms with Crippen LogP contribution in [0.5, 0.6) is 0 Å². The average molecular weight is 411 g/mol. The molecule has 0 amide bonds. The van der Waals surface area contributed by atoms with Gasteiger partial charge in [0.05, 0.1) is 18.6 Å². The van der Waals surface area contributed by atoms with E-state index in [1.54, 1.807) is 15.9 Å². The quantitative estimate of drug-likeness (QED) is 0.543. The molecule has 4 rings (SSSR count). The summed E-state index contributed by atoms with van der Waals surface area (Å²) in [5.74, 6) is 0.563. The Bertz CT molecular complexity index is 858. The van der Waals surface area contributed by atoms with Crippen molar-refractivity contribution in [3.8, 4) is 0 Å². The van der Waals surface area contributed by atoms with Gasteiger partial charge in [-0.15, -0.1) is 11.3 Å². The van der Waals surface area contributed by atoms with Crippen LogP contribution >= 0.6 is 23.1 Å². The first kappa shape index (κ1) is 19.4. The lowest BCUT2D eigenvalue weighted by atomic mass is 9.97. The molecule has 148 valence electrons. The summed E-state index contributed by atoms with van der Waals surface area (Å²) in [6.45, 7) is 6.77. The number of fused-ring (bicyclic) bond motifs is 3. The lowest BCUT2D eigenvalue weighted by Gasteiger charge is -2.25. The van der Waals surface area contributed by atoms with Crippen molar-refractivity contribution < 1.29 is 14.7 Å². The average Bonchev–Trinajstić information content (AvgIpc) is 3.06. The van der Waals surface area contributed by atoms with E-state index in [4.69, 9.17) is 9.72 Å². The second-order valence-corrected chi connectivity index (χ2v) is 9.44. The minimum atomic E-state index is -0.405. The predicted octanol–water partition coefficient (Wildman–Crippen LogP) is 0.725. The second-order valence-electron chi connectivity index (χ2n) is 7.37. The Morgan fingerprint density at radius 1 is 1.33 bits per heavy atom. The van der Waals surface area contributed by atoms with Gasteiger partial charge in [-0.25, -0.2) is 4.98 Å². The van der Waals surface area contributed by atoms with E-state index in [2.05, 4.69) is 0 Å². The number of nitrogens with zero attached hydrogens (tertiary/aromatic N) is 2. The topological polar surface area (TPSA) is 68.8 Å². The smallest absolute Gasteiger partial charge is 0.263 e. The maximum atomic E-state index is 13.1. The van der Waals surface area contributed by atoms with Gasteiger partial charge >= 0.3 is 0 Å². The zero-order valence-electron chi connectivity index (χ0n) is 15.8. The van der Waals surface area contributed by atoms with Crippen molar-refractivity contribution in [2.24, 2.45) is 0 Å². The summed E-state index contributed by atoms with van der Waals surface area (Å²) >= 11 is 3.20. The van der Waals surface area contributed by atoms with Crippen LogP contribution in [0.1, 0.15) is 30.2 Å². The Kier molecular flexibility index (Phi) is 6.18. The summed E-state index contributed by atoms with van der Waals surface area (Å²) in [5, 5.41) is 12.0. The maximum Gasteiger partial charge on any atom is 0.263 e. The highest BCUT2D eigenvalue weighted by Crippen LogP contribution is 2.34. The fourth-order valence-electron chi connectivity index (χ4n) is 4.04. The third kappa shape index (κ3) is 4.10. The molecule has 8 heteroatoms. The molecule has 3 heterocycles. The van der Waals surface area contributed by atoms with Crippen LogP contribution in [-0.4, -0.2) is 59.4 Å². The molecule has 1 aliphatic heterocycles. The number of morpholine rings is 1. The maximum absolute atomic E-state index is 13.1. The van der Waals surface area contributed by atoms with Gasteiger partial charge in [0.1, 0.15) is 30.6 Å². The Morgan fingerprint density at radius 3 is 2.89 bits per heavy atom. The van der Waals surface area contributed by atoms with Crippen LogP contribution in [0.2, 0.25) is 0 Å². The summed E-state index contributed by atoms with van der Waals surface area (Å²) < 4.78 is 7.16. The Labute approximate surface area is 167 Å². The first-order chi connectivity index (χ1) is 13.2. The SMILES string of the molecule is CCn1c(SC[C@H](O)C[NH+]2CCOCC2)nc2sc3c(c2c1=O)CCCC3. The molecule has 2 aromatic rings. The van der Waals surface area contributed by atoms with Gasteiger partial charge in [-0.1, -0.05) is 11.8 Å². The van der Waals surface area contributed by atoms with Gasteiger partial charge in [0, 0.05) is 17.2 Å². The number of hydrogen-bond donors (Lipinski definition) is 2. The number of rotatable bonds is 6. The molecule has 0 saturated carbocycles. The number of thiophene rings is 1. The third-order valence-electron chi connectivity index (χ3n) is 5.49. The summed E-state index contributed by atoms with van der Waals surface area (Å²) in [4.78, 5) is 21.6. The van der Waals surface area contributed by atoms with E-state index < -0.39 is 6.10 Å². The number of aliphatic hydroxyl groups excluding tert-OH is 1. The van der Waals surface area contributed by atoms with Gasteiger partial charge in [0.2, 0.25) is 0 Å². The van der Waals surface area contributed by atoms with E-state index in [9.17, 15) is 9.90 Å². The molecule has 2 aromatic heterocycles. The van der Waals surface area contributed by atoms with Crippen LogP contribution in [0, 0.1) is 0 Å². The molecule has 2 aliphatic rings. The van der Waals surface area contributed by atoms with Gasteiger partial charge < -0.3 is 14.7 Å². The number of ether oxygens (including phenoxy) is 1. The highest BCUT2D eigenvalue weighted by atomic mass is 32.2. The highest BCUT2D eigenvalue weighted by Gasteiger charge is 2.23. The van der Waals surface area contributed by atoms with Crippen molar-refractivity contribution >= 4 is 33.3 Å². The van der Waals surface area contributed by atoms with Crippen LogP contribution in [0.4, 0.5) is 0 Å². The van der Waals surface area contributed by atoms with E-state index >= 15 is 0 Å². The standard InChI is InChI=1S/C19H27N3O3S2/c1-2-22-18(24)16-14-5-3-4-6-15(14)27-17(16)20-19(22)26-12-13(23)11-21-7-9-25-10-8-21/h13,23H,2-12H2,1H3/p+1/t13-/m1/s1. The van der Waals surface area contributed by atoms with Crippen molar-refractivity contribution in [2.45, 2.75) is 50.4 Å². The van der Waals surface area contributed by atoms with E-state index in [1.165, 1.54) is 33.5 Å². The zero-order valence-corrected chi connectivity index (χ0v) is 17.5. The van der Waals surface area contributed by atoms with Gasteiger partial charge in [0.15, 0.2) is 5.16 Å². The minimum absolute atomic E-state index is 0.0951. The van der Waals surface area contributed by atoms with Crippen LogP contribution in [0.3, 0.4) is 0 Å². The van der Waals surface area contributed by atoms with Crippen molar-refractivity contribution in [3.05, 3.63) is 20.8 Å². The summed E-state index contributed by atoms with van der Waals surface area (Å²) in [7, 11) is 0. The Hall–Kier alpha value is -0.930. The van der Waals surface area contributed by atoms with Crippen LogP contribution in [0.15, 0.2) is 9.95 Å². The molecule has 27 heavy (non-hydrogen) atoms. The van der Waals surface area contributed by atoms with Crippen molar-refractivity contribution in [1.29, 1.82) is 0 Å². The molecule has 6 nitrogen and oxygen atoms in total. The Morgan fingerprint density at radius 2 is 2.11 bits per heavy atom. The fraction of sp³-hybridized carbons (Fsp3) is 0.684. The Balaban J connectivity index is 1.53. The molecule has 1 atom stereocenters. The number of hydrogen-bond acceptors (Lipinski definition) is 6. The molecular weight excluding hydrogens is 382 g/mol. The molecule has 1 aliphatic carbocycles. The second kappa shape index (κ2) is 8.61. The van der Waals surface area contributed by atoms with Crippen LogP contribution < -0.4 is 10.5 Å². The van der Waals surface area contributed by atoms with Crippen LogP contribution in [0.25, 0.3) is 10.2 Å². The predicted molar refractivity (Wildman–Crippen MR) is 109 cm³/mol. The lowest BCUT2D eigenvalue weighted by Crippen LogP contribution is -3.15. The van der Waals surface area contributed by atoms with E-state index in [-0.39, 0.29) is 5.56 Å². The molecule has 0 bridgehead atoms. The van der Waals surface area contributed by atoms with Crippen molar-refractivity contribution in [3.63, 3.8) is 0 Å². The van der Waals surface area contributed by atoms with Gasteiger partial charge in [-0.3, -0.25) is 9.36 Å². The van der Waals surface area contributed by atoms with Gasteiger partial charge in [0.25, 0.3) is 5.56 Å². The molecular formula is C19H28N3O3S2+. The fourth-order valence-corrected chi connectivity index (χ4v) is 6.33. The number of quaternary nitrogens is 1. The molecule has 1 fully saturated rings. The third-order valence-corrected chi connectivity index (χ3v) is 7.79. The monoisotopic (exact) mass is 410 g/mol. The normalized spacial score (nSPS) is 19.3. The molecule has 0 unspecified atom stereocenters. The van der Waals surface area contributed by atoms with Crippen molar-refractivity contribution in [1.82, 2.24) is 9.55 Å². The first-order valence-corrected chi connectivity index (χ1v) is 11.7. The number of aryl methyl sites for hydroxylation is 2. The zero-order chi connectivity index (χ0) is 18.8. The first-order valence-electron chi connectivity index (χ1n) is 9.94. The summed E-state index contributed by atoms with van der Waals surface area (Å²) in [5.41, 5.74) is 1.34. The molecule has 0 spiro atoms. The van der Waals surface area contributed by atoms with Gasteiger partial charge in [-0.2, -0.15) is 0 Å². The molecule has 1 saturated heterocycles. The molecule has 0 radical (unpaired) electrons. The minimum Gasteiger partial charge on any atom is -0.386 e. The van der Waals surface area contributed by atoms with Crippen LogP contribution in [-0.2, 0) is 24.1 Å². The van der Waals surface area contributed by atoms with E-state index in [0.29, 0.717) is 12.3 Å². The van der Waals surface area contributed by atoms with Crippen molar-refractivity contribution in [2.75, 3.05) is 38.6 Å². The molecule has 2 N–H and O–H groups in total. The lowest BCUT2D eigenvalue weighted by molar-refractivity contribution is -0.910. The number of nitrogens with one attached hydrogen (secondary N) is 1. The molecule has 0 aromatic carbocycles. The highest BCUT2D eigenvalue weighted by molar-refractivity contribution is 7.99. The largest absolute Gasteiger partial charge is 0.386 e. The number of aliphatic hydroxyl groups is 1. The summed E-state index contributed by atoms with van der Waals surface area (Å²) in [6.07, 6.45) is 4.04.